The molecule has 0 saturated carbocycles. The summed E-state index contributed by atoms with van der Waals surface area (Å²) in [5.74, 6) is 0.757. The molecule has 1 aromatic heterocycles. The van der Waals surface area contributed by atoms with Crippen LogP contribution in [0.3, 0.4) is 0 Å². The Hall–Kier alpha value is -1.31. The summed E-state index contributed by atoms with van der Waals surface area (Å²) in [7, 11) is -1.24. The fourth-order valence-electron chi connectivity index (χ4n) is 1.69. The number of aromatic amines is 1. The van der Waals surface area contributed by atoms with Gasteiger partial charge in [-0.05, 0) is 38.2 Å². The van der Waals surface area contributed by atoms with Crippen LogP contribution in [-0.4, -0.2) is 19.0 Å². The van der Waals surface area contributed by atoms with Gasteiger partial charge in [-0.3, -0.25) is 5.10 Å². The number of hydrogen-bond donors (Lipinski definition) is 2. The van der Waals surface area contributed by atoms with E-state index >= 15 is 0 Å². The quantitative estimate of drug-likeness (QED) is 0.830. The number of H-pyrrole nitrogens is 1. The fraction of sp³-hybridized carbons (Fsp3) is 0.333. The van der Waals surface area contributed by atoms with Crippen LogP contribution in [-0.2, 0) is 24.1 Å². The Morgan fingerprint density at radius 1 is 1.42 bits per heavy atom. The van der Waals surface area contributed by atoms with Gasteiger partial charge in [0.25, 0.3) is 0 Å². The van der Waals surface area contributed by atoms with Gasteiger partial charge in [0.2, 0.25) is 0 Å². The predicted molar refractivity (Wildman–Crippen MR) is 77.5 cm³/mol. The lowest BCUT2D eigenvalue weighted by atomic mass is 10.2. The van der Waals surface area contributed by atoms with Crippen molar-refractivity contribution in [2.75, 3.05) is 0 Å². The second kappa shape index (κ2) is 6.23. The third-order valence-electron chi connectivity index (χ3n) is 2.75. The Labute approximate surface area is 119 Å². The molecule has 0 amide bonds. The van der Waals surface area contributed by atoms with E-state index in [1.165, 1.54) is 0 Å². The first-order valence-electron chi connectivity index (χ1n) is 5.98. The zero-order valence-corrected chi connectivity index (χ0v) is 12.5. The second-order valence-electron chi connectivity index (χ2n) is 4.09. The Bertz CT molecular complexity index is 630. The van der Waals surface area contributed by atoms with Crippen LogP contribution in [0.2, 0.25) is 0 Å². The fourth-order valence-corrected chi connectivity index (χ4v) is 2.78. The van der Waals surface area contributed by atoms with Gasteiger partial charge in [-0.2, -0.15) is 5.10 Å². The molecule has 102 valence electrons. The maximum Gasteiger partial charge on any atom is 0.195 e. The number of nitrogens with one attached hydrogen (secondary N) is 2. The SMILES string of the molecule is CCn1c(CNS(=O)c2ccc(C)cc2)n[nH]c1=S. The maximum absolute atomic E-state index is 12.1. The topological polar surface area (TPSA) is 62.7 Å². The summed E-state index contributed by atoms with van der Waals surface area (Å²) in [6, 6.07) is 7.60. The largest absolute Gasteiger partial charge is 0.303 e. The van der Waals surface area contributed by atoms with Crippen molar-refractivity contribution in [2.24, 2.45) is 0 Å². The molecule has 2 N–H and O–H groups in total. The van der Waals surface area contributed by atoms with Crippen molar-refractivity contribution in [2.45, 2.75) is 31.8 Å². The molecule has 1 aromatic carbocycles. The average molecular weight is 296 g/mol. The van der Waals surface area contributed by atoms with E-state index in [0.29, 0.717) is 11.3 Å². The highest BCUT2D eigenvalue weighted by molar-refractivity contribution is 7.83. The van der Waals surface area contributed by atoms with Crippen LogP contribution < -0.4 is 4.72 Å². The Morgan fingerprint density at radius 2 is 2.11 bits per heavy atom. The minimum Gasteiger partial charge on any atom is -0.303 e. The first-order valence-corrected chi connectivity index (χ1v) is 7.53. The minimum absolute atomic E-state index is 0.404. The lowest BCUT2D eigenvalue weighted by Gasteiger charge is -2.06. The number of rotatable bonds is 5. The molecular weight excluding hydrogens is 280 g/mol. The molecule has 1 heterocycles. The highest BCUT2D eigenvalue weighted by atomic mass is 32.2. The highest BCUT2D eigenvalue weighted by Crippen LogP contribution is 2.07. The predicted octanol–water partition coefficient (Wildman–Crippen LogP) is 2.08. The molecule has 19 heavy (non-hydrogen) atoms. The zero-order chi connectivity index (χ0) is 13.8. The van der Waals surface area contributed by atoms with Gasteiger partial charge < -0.3 is 4.57 Å². The van der Waals surface area contributed by atoms with Gasteiger partial charge in [-0.25, -0.2) is 8.93 Å². The van der Waals surface area contributed by atoms with Crippen molar-refractivity contribution in [1.82, 2.24) is 19.5 Å². The summed E-state index contributed by atoms with van der Waals surface area (Å²) in [5, 5.41) is 6.85. The van der Waals surface area contributed by atoms with E-state index in [9.17, 15) is 4.21 Å². The van der Waals surface area contributed by atoms with Crippen molar-refractivity contribution in [3.8, 4) is 0 Å². The highest BCUT2D eigenvalue weighted by Gasteiger charge is 2.07. The molecule has 2 aromatic rings. The first-order chi connectivity index (χ1) is 9.11. The number of benzene rings is 1. The van der Waals surface area contributed by atoms with Crippen molar-refractivity contribution in [1.29, 1.82) is 0 Å². The zero-order valence-electron chi connectivity index (χ0n) is 10.8. The van der Waals surface area contributed by atoms with E-state index in [1.54, 1.807) is 0 Å². The molecule has 0 fully saturated rings. The lowest BCUT2D eigenvalue weighted by Crippen LogP contribution is -2.19. The molecule has 7 heteroatoms. The van der Waals surface area contributed by atoms with Crippen molar-refractivity contribution >= 4 is 23.2 Å². The van der Waals surface area contributed by atoms with E-state index in [2.05, 4.69) is 14.9 Å². The Kier molecular flexibility index (Phi) is 4.62. The van der Waals surface area contributed by atoms with Crippen LogP contribution in [0.1, 0.15) is 18.3 Å². The third-order valence-corrected chi connectivity index (χ3v) is 4.17. The molecule has 1 unspecified atom stereocenters. The van der Waals surface area contributed by atoms with Gasteiger partial charge in [0.1, 0.15) is 16.8 Å². The van der Waals surface area contributed by atoms with Crippen molar-refractivity contribution in [3.05, 3.63) is 40.4 Å². The van der Waals surface area contributed by atoms with E-state index in [-0.39, 0.29) is 0 Å². The molecule has 0 aliphatic heterocycles. The normalized spacial score (nSPS) is 12.5. The number of nitrogens with zero attached hydrogens (tertiary/aromatic N) is 2. The summed E-state index contributed by atoms with van der Waals surface area (Å²) >= 11 is 5.10. The molecule has 0 aliphatic rings. The molecule has 0 aliphatic carbocycles. The smallest absolute Gasteiger partial charge is 0.195 e. The summed E-state index contributed by atoms with van der Waals surface area (Å²) in [4.78, 5) is 0.753. The van der Waals surface area contributed by atoms with Gasteiger partial charge in [0, 0.05) is 6.54 Å². The van der Waals surface area contributed by atoms with Crippen LogP contribution >= 0.6 is 12.2 Å². The van der Waals surface area contributed by atoms with Crippen LogP contribution in [0.5, 0.6) is 0 Å². The van der Waals surface area contributed by atoms with Gasteiger partial charge in [-0.15, -0.1) is 0 Å². The second-order valence-corrected chi connectivity index (χ2v) is 5.78. The van der Waals surface area contributed by atoms with E-state index in [1.807, 2.05) is 42.7 Å². The van der Waals surface area contributed by atoms with Crippen LogP contribution in [0, 0.1) is 11.7 Å². The summed E-state index contributed by atoms with van der Waals surface area (Å²) in [5.41, 5.74) is 1.15. The molecule has 0 bridgehead atoms. The maximum atomic E-state index is 12.1. The number of aryl methyl sites for hydroxylation is 1. The number of aromatic nitrogens is 3. The summed E-state index contributed by atoms with van der Waals surface area (Å²) < 4.78 is 17.5. The molecule has 2 rings (SSSR count). The van der Waals surface area contributed by atoms with Crippen molar-refractivity contribution < 1.29 is 4.21 Å². The molecule has 0 saturated heterocycles. The van der Waals surface area contributed by atoms with E-state index in [4.69, 9.17) is 12.2 Å². The molecule has 1 atom stereocenters. The molecule has 5 nitrogen and oxygen atoms in total. The molecular formula is C12H16N4OS2. The van der Waals surface area contributed by atoms with Crippen molar-refractivity contribution in [3.63, 3.8) is 0 Å². The molecule has 0 radical (unpaired) electrons. The summed E-state index contributed by atoms with van der Waals surface area (Å²) in [6.45, 7) is 5.13. The van der Waals surface area contributed by atoms with E-state index < -0.39 is 11.0 Å². The van der Waals surface area contributed by atoms with Gasteiger partial charge in [0.05, 0.1) is 11.4 Å². The molecule has 0 spiro atoms. The average Bonchev–Trinajstić information content (AvgIpc) is 2.77. The standard InChI is InChI=1S/C12H16N4OS2/c1-3-16-11(14-15-12(16)18)8-13-19(17)10-6-4-9(2)5-7-10/h4-7,13H,3,8H2,1-2H3,(H,15,18). The first kappa shape index (κ1) is 14.1. The Morgan fingerprint density at radius 3 is 2.74 bits per heavy atom. The monoisotopic (exact) mass is 296 g/mol. The van der Waals surface area contributed by atoms with Crippen LogP contribution in [0.4, 0.5) is 0 Å². The lowest BCUT2D eigenvalue weighted by molar-refractivity contribution is 0.651. The minimum atomic E-state index is -1.24. The van der Waals surface area contributed by atoms with Gasteiger partial charge >= 0.3 is 0 Å². The number of hydrogen-bond acceptors (Lipinski definition) is 3. The van der Waals surface area contributed by atoms with Gasteiger partial charge in [-0.1, -0.05) is 17.7 Å². The van der Waals surface area contributed by atoms with Gasteiger partial charge in [0.15, 0.2) is 4.77 Å². The van der Waals surface area contributed by atoms with E-state index in [0.717, 1.165) is 22.8 Å². The van der Waals surface area contributed by atoms with Crippen LogP contribution in [0.15, 0.2) is 29.2 Å². The van der Waals surface area contributed by atoms with Crippen LogP contribution in [0.25, 0.3) is 0 Å². The summed E-state index contributed by atoms with van der Waals surface area (Å²) in [6.07, 6.45) is 0. The third kappa shape index (κ3) is 3.37. The Balaban J connectivity index is 2.04.